The monoisotopic (exact) mass is 338 g/mol. The van der Waals surface area contributed by atoms with E-state index in [0.29, 0.717) is 24.2 Å². The van der Waals surface area contributed by atoms with Crippen molar-refractivity contribution in [3.05, 3.63) is 59.7 Å². The van der Waals surface area contributed by atoms with E-state index >= 15 is 0 Å². The second kappa shape index (κ2) is 7.49. The molecule has 2 aromatic carbocycles. The molecule has 0 saturated carbocycles. The Bertz CT molecular complexity index is 784. The molecule has 0 aromatic heterocycles. The van der Waals surface area contributed by atoms with E-state index in [1.165, 1.54) is 12.7 Å². The van der Waals surface area contributed by atoms with Crippen molar-refractivity contribution in [3.8, 4) is 11.1 Å². The number of likely N-dealkylation sites (tertiary alicyclic amines) is 1. The summed E-state index contributed by atoms with van der Waals surface area (Å²) in [5, 5.41) is 13.5. The van der Waals surface area contributed by atoms with Gasteiger partial charge in [0.05, 0.1) is 12.6 Å². The standard InChI is InChI=1S/C20H22N2O3/c1-14-5-3-4-6-18(14)15-7-9-16(10-8-15)20(24)22-17(13-23)11-12-19(22)21-25-2/h3-10,17,23H,11-13H2,1-2H3/b21-19+/t17-/m0/s1. The number of rotatable bonds is 4. The van der Waals surface area contributed by atoms with Crippen LogP contribution in [0, 0.1) is 6.92 Å². The van der Waals surface area contributed by atoms with Crippen molar-refractivity contribution in [2.75, 3.05) is 13.7 Å². The molecule has 1 N–H and O–H groups in total. The zero-order chi connectivity index (χ0) is 17.8. The molecule has 25 heavy (non-hydrogen) atoms. The molecule has 1 atom stereocenters. The lowest BCUT2D eigenvalue weighted by atomic mass is 9.99. The first kappa shape index (κ1) is 17.2. The number of aliphatic hydroxyl groups excluding tert-OH is 1. The minimum absolute atomic E-state index is 0.0875. The molecule has 0 bridgehead atoms. The molecule has 0 radical (unpaired) electrons. The van der Waals surface area contributed by atoms with E-state index < -0.39 is 0 Å². The first-order valence-corrected chi connectivity index (χ1v) is 8.36. The van der Waals surface area contributed by atoms with Crippen molar-refractivity contribution < 1.29 is 14.7 Å². The Morgan fingerprint density at radius 1 is 1.24 bits per heavy atom. The van der Waals surface area contributed by atoms with Gasteiger partial charge < -0.3 is 9.94 Å². The first-order chi connectivity index (χ1) is 12.2. The van der Waals surface area contributed by atoms with Gasteiger partial charge in [-0.3, -0.25) is 9.69 Å². The Morgan fingerprint density at radius 2 is 1.96 bits per heavy atom. The summed E-state index contributed by atoms with van der Waals surface area (Å²) in [6, 6.07) is 15.4. The quantitative estimate of drug-likeness (QED) is 0.871. The maximum absolute atomic E-state index is 12.9. The van der Waals surface area contributed by atoms with Gasteiger partial charge in [-0.2, -0.15) is 0 Å². The first-order valence-electron chi connectivity index (χ1n) is 8.36. The smallest absolute Gasteiger partial charge is 0.259 e. The molecule has 0 unspecified atom stereocenters. The number of amidine groups is 1. The Labute approximate surface area is 147 Å². The summed E-state index contributed by atoms with van der Waals surface area (Å²) in [6.07, 6.45) is 1.30. The lowest BCUT2D eigenvalue weighted by molar-refractivity contribution is 0.0762. The van der Waals surface area contributed by atoms with Crippen LogP contribution >= 0.6 is 0 Å². The van der Waals surface area contributed by atoms with Crippen molar-refractivity contribution in [3.63, 3.8) is 0 Å². The predicted molar refractivity (Wildman–Crippen MR) is 97.3 cm³/mol. The summed E-state index contributed by atoms with van der Waals surface area (Å²) in [4.78, 5) is 19.3. The number of carbonyl (C=O) groups excluding carboxylic acids is 1. The van der Waals surface area contributed by atoms with E-state index in [1.807, 2.05) is 36.4 Å². The van der Waals surface area contributed by atoms with Crippen molar-refractivity contribution in [2.45, 2.75) is 25.8 Å². The van der Waals surface area contributed by atoms with Gasteiger partial charge >= 0.3 is 0 Å². The summed E-state index contributed by atoms with van der Waals surface area (Å²) < 4.78 is 0. The van der Waals surface area contributed by atoms with Gasteiger partial charge in [0.2, 0.25) is 0 Å². The molecule has 0 aliphatic carbocycles. The van der Waals surface area contributed by atoms with Crippen LogP contribution in [0.25, 0.3) is 11.1 Å². The highest BCUT2D eigenvalue weighted by Crippen LogP contribution is 2.26. The lowest BCUT2D eigenvalue weighted by Gasteiger charge is -2.23. The van der Waals surface area contributed by atoms with Crippen molar-refractivity contribution in [1.29, 1.82) is 0 Å². The molecular weight excluding hydrogens is 316 g/mol. The number of nitrogens with zero attached hydrogens (tertiary/aromatic N) is 2. The molecule has 2 aromatic rings. The van der Waals surface area contributed by atoms with Gasteiger partial charge in [0.15, 0.2) is 5.84 Å². The molecule has 0 spiro atoms. The maximum atomic E-state index is 12.9. The molecular formula is C20H22N2O3. The van der Waals surface area contributed by atoms with E-state index in [-0.39, 0.29) is 18.6 Å². The van der Waals surface area contributed by atoms with E-state index in [2.05, 4.69) is 24.2 Å². The van der Waals surface area contributed by atoms with Crippen LogP contribution in [0.2, 0.25) is 0 Å². The van der Waals surface area contributed by atoms with Gasteiger partial charge in [0, 0.05) is 12.0 Å². The topological polar surface area (TPSA) is 62.1 Å². The van der Waals surface area contributed by atoms with Crippen LogP contribution in [0.15, 0.2) is 53.7 Å². The number of carbonyl (C=O) groups is 1. The Hall–Kier alpha value is -2.66. The maximum Gasteiger partial charge on any atom is 0.259 e. The summed E-state index contributed by atoms with van der Waals surface area (Å²) in [5.74, 6) is 0.401. The zero-order valence-electron chi connectivity index (χ0n) is 14.5. The molecule has 1 amide bonds. The molecule has 130 valence electrons. The van der Waals surface area contributed by atoms with Crippen LogP contribution in [-0.2, 0) is 4.84 Å². The van der Waals surface area contributed by atoms with Crippen LogP contribution in [0.4, 0.5) is 0 Å². The fourth-order valence-electron chi connectivity index (χ4n) is 3.24. The highest BCUT2D eigenvalue weighted by molar-refractivity contribution is 6.07. The van der Waals surface area contributed by atoms with Crippen LogP contribution in [-0.4, -0.2) is 41.5 Å². The van der Waals surface area contributed by atoms with Crippen LogP contribution < -0.4 is 0 Å². The Kier molecular flexibility index (Phi) is 5.14. The normalized spacial score (nSPS) is 18.6. The van der Waals surface area contributed by atoms with E-state index in [1.54, 1.807) is 4.90 Å². The van der Waals surface area contributed by atoms with E-state index in [4.69, 9.17) is 4.84 Å². The average Bonchev–Trinajstić information content (AvgIpc) is 3.05. The number of oxime groups is 1. The van der Waals surface area contributed by atoms with Crippen molar-refractivity contribution in [1.82, 2.24) is 4.90 Å². The molecule has 1 fully saturated rings. The summed E-state index contributed by atoms with van der Waals surface area (Å²) in [7, 11) is 1.46. The third-order valence-electron chi connectivity index (χ3n) is 4.56. The van der Waals surface area contributed by atoms with E-state index in [0.717, 1.165) is 11.1 Å². The average molecular weight is 338 g/mol. The fourth-order valence-corrected chi connectivity index (χ4v) is 3.24. The molecule has 5 heteroatoms. The molecule has 1 aliphatic heterocycles. The second-order valence-corrected chi connectivity index (χ2v) is 6.13. The van der Waals surface area contributed by atoms with Gasteiger partial charge in [-0.1, -0.05) is 41.6 Å². The Morgan fingerprint density at radius 3 is 2.60 bits per heavy atom. The number of hydrogen-bond acceptors (Lipinski definition) is 4. The molecule has 1 saturated heterocycles. The molecule has 3 rings (SSSR count). The third-order valence-corrected chi connectivity index (χ3v) is 4.56. The SMILES string of the molecule is CO/N=C1\CC[C@@H](CO)N1C(=O)c1ccc(-c2ccccc2C)cc1. The number of hydrogen-bond donors (Lipinski definition) is 1. The molecule has 1 heterocycles. The van der Waals surface area contributed by atoms with Gasteiger partial charge in [-0.25, -0.2) is 0 Å². The highest BCUT2D eigenvalue weighted by atomic mass is 16.6. The van der Waals surface area contributed by atoms with Gasteiger partial charge in [-0.15, -0.1) is 0 Å². The van der Waals surface area contributed by atoms with Gasteiger partial charge in [-0.05, 0) is 42.2 Å². The summed E-state index contributed by atoms with van der Waals surface area (Å²) in [5.41, 5.74) is 3.98. The molecule has 5 nitrogen and oxygen atoms in total. The highest BCUT2D eigenvalue weighted by Gasteiger charge is 2.34. The largest absolute Gasteiger partial charge is 0.398 e. The fraction of sp³-hybridized carbons (Fsp3) is 0.300. The zero-order valence-corrected chi connectivity index (χ0v) is 14.5. The summed E-state index contributed by atoms with van der Waals surface area (Å²) >= 11 is 0. The number of amides is 1. The van der Waals surface area contributed by atoms with Crippen molar-refractivity contribution in [2.24, 2.45) is 5.16 Å². The van der Waals surface area contributed by atoms with Crippen LogP contribution in [0.5, 0.6) is 0 Å². The number of benzene rings is 2. The minimum Gasteiger partial charge on any atom is -0.398 e. The third kappa shape index (κ3) is 3.42. The number of aliphatic hydroxyl groups is 1. The predicted octanol–water partition coefficient (Wildman–Crippen LogP) is 3.22. The molecule has 1 aliphatic rings. The van der Waals surface area contributed by atoms with E-state index in [9.17, 15) is 9.90 Å². The van der Waals surface area contributed by atoms with Gasteiger partial charge in [0.25, 0.3) is 5.91 Å². The van der Waals surface area contributed by atoms with Crippen LogP contribution in [0.3, 0.4) is 0 Å². The summed E-state index contributed by atoms with van der Waals surface area (Å²) in [6.45, 7) is 1.98. The Balaban J connectivity index is 1.87. The number of aryl methyl sites for hydroxylation is 1. The van der Waals surface area contributed by atoms with Crippen LogP contribution in [0.1, 0.15) is 28.8 Å². The second-order valence-electron chi connectivity index (χ2n) is 6.13. The van der Waals surface area contributed by atoms with Gasteiger partial charge in [0.1, 0.15) is 7.11 Å². The lowest BCUT2D eigenvalue weighted by Crippen LogP contribution is -2.40. The minimum atomic E-state index is -0.252. The van der Waals surface area contributed by atoms with Crippen molar-refractivity contribution >= 4 is 11.7 Å².